The van der Waals surface area contributed by atoms with Crippen molar-refractivity contribution in [3.05, 3.63) is 0 Å². The van der Waals surface area contributed by atoms with Gasteiger partial charge in [0.05, 0.1) is 0 Å². The second-order valence-electron chi connectivity index (χ2n) is 3.46. The summed E-state index contributed by atoms with van der Waals surface area (Å²) in [6, 6.07) is 0. The Morgan fingerprint density at radius 2 is 1.31 bits per heavy atom. The molecule has 6 N–H and O–H groups in total. The van der Waals surface area contributed by atoms with Crippen molar-refractivity contribution in [3.8, 4) is 0 Å². The third-order valence-corrected chi connectivity index (χ3v) is 2.39. The van der Waals surface area contributed by atoms with Crippen molar-refractivity contribution in [1.82, 2.24) is 10.9 Å². The van der Waals surface area contributed by atoms with Crippen LogP contribution in [0.3, 0.4) is 0 Å². The fraction of sp³-hybridized carbons (Fsp3) is 0.750. The fourth-order valence-corrected chi connectivity index (χ4v) is 1.68. The molecule has 1 fully saturated rings. The molecule has 0 heterocycles. The van der Waals surface area contributed by atoms with Crippen molar-refractivity contribution in [3.63, 3.8) is 0 Å². The van der Waals surface area contributed by atoms with Crippen molar-refractivity contribution >= 4 is 12.2 Å². The first kappa shape index (κ1) is 12.5. The molecule has 0 aromatic heterocycles. The SMILES string of the molecule is NNC(=O)OC1CCCCC1OC(=O)NN. The molecule has 0 radical (unpaired) electrons. The molecule has 1 rings (SSSR count). The molecule has 8 heteroatoms. The minimum atomic E-state index is -0.742. The van der Waals surface area contributed by atoms with E-state index in [1.165, 1.54) is 0 Å². The van der Waals surface area contributed by atoms with Crippen LogP contribution in [0.2, 0.25) is 0 Å². The topological polar surface area (TPSA) is 129 Å². The highest BCUT2D eigenvalue weighted by Crippen LogP contribution is 2.23. The van der Waals surface area contributed by atoms with Crippen LogP contribution < -0.4 is 22.5 Å². The first-order chi connectivity index (χ1) is 7.67. The lowest BCUT2D eigenvalue weighted by Gasteiger charge is -2.30. The third kappa shape index (κ3) is 3.55. The predicted octanol–water partition coefficient (Wildman–Crippen LogP) is -0.503. The molecule has 92 valence electrons. The van der Waals surface area contributed by atoms with Crippen molar-refractivity contribution in [2.45, 2.75) is 37.9 Å². The molecule has 0 aromatic rings. The second kappa shape index (κ2) is 6.13. The Hall–Kier alpha value is -1.54. The molecule has 2 unspecified atom stereocenters. The van der Waals surface area contributed by atoms with Gasteiger partial charge in [0.2, 0.25) is 0 Å². The minimum absolute atomic E-state index is 0.477. The number of amides is 2. The summed E-state index contributed by atoms with van der Waals surface area (Å²) < 4.78 is 9.96. The number of carbonyl (C=O) groups is 2. The van der Waals surface area contributed by atoms with Crippen LogP contribution >= 0.6 is 0 Å². The van der Waals surface area contributed by atoms with Gasteiger partial charge in [0.25, 0.3) is 0 Å². The number of rotatable bonds is 2. The van der Waals surface area contributed by atoms with E-state index in [9.17, 15) is 9.59 Å². The largest absolute Gasteiger partial charge is 0.441 e. The lowest BCUT2D eigenvalue weighted by Crippen LogP contribution is -2.44. The number of nitrogens with one attached hydrogen (secondary N) is 2. The average molecular weight is 232 g/mol. The van der Waals surface area contributed by atoms with Gasteiger partial charge in [-0.25, -0.2) is 21.3 Å². The smallest absolute Gasteiger partial charge is 0.421 e. The number of nitrogens with two attached hydrogens (primary N) is 2. The minimum Gasteiger partial charge on any atom is -0.441 e. The molecular weight excluding hydrogens is 216 g/mol. The molecule has 1 aliphatic carbocycles. The zero-order valence-electron chi connectivity index (χ0n) is 8.77. The van der Waals surface area contributed by atoms with Crippen molar-refractivity contribution in [1.29, 1.82) is 0 Å². The third-order valence-electron chi connectivity index (χ3n) is 2.39. The second-order valence-corrected chi connectivity index (χ2v) is 3.46. The Labute approximate surface area is 92.6 Å². The summed E-state index contributed by atoms with van der Waals surface area (Å²) >= 11 is 0. The van der Waals surface area contributed by atoms with Gasteiger partial charge < -0.3 is 9.47 Å². The van der Waals surface area contributed by atoms with Gasteiger partial charge in [-0.15, -0.1) is 0 Å². The maximum Gasteiger partial charge on any atom is 0.421 e. The van der Waals surface area contributed by atoms with Crippen LogP contribution in [0.25, 0.3) is 0 Å². The monoisotopic (exact) mass is 232 g/mol. The Bertz CT molecular complexity index is 234. The molecule has 0 spiro atoms. The van der Waals surface area contributed by atoms with Crippen LogP contribution in [-0.2, 0) is 9.47 Å². The predicted molar refractivity (Wildman–Crippen MR) is 53.7 cm³/mol. The van der Waals surface area contributed by atoms with Gasteiger partial charge in [0.1, 0.15) is 12.2 Å². The molecule has 1 saturated carbocycles. The Kier molecular flexibility index (Phi) is 4.80. The van der Waals surface area contributed by atoms with Gasteiger partial charge in [-0.1, -0.05) is 0 Å². The maximum atomic E-state index is 10.9. The Morgan fingerprint density at radius 3 is 1.62 bits per heavy atom. The Balaban J connectivity index is 2.49. The first-order valence-electron chi connectivity index (χ1n) is 5.02. The van der Waals surface area contributed by atoms with E-state index in [-0.39, 0.29) is 0 Å². The van der Waals surface area contributed by atoms with Crippen LogP contribution in [0.15, 0.2) is 0 Å². The molecule has 16 heavy (non-hydrogen) atoms. The van der Waals surface area contributed by atoms with Crippen LogP contribution in [0, 0.1) is 0 Å². The van der Waals surface area contributed by atoms with E-state index < -0.39 is 24.4 Å². The molecule has 1 aliphatic rings. The average Bonchev–Trinajstić information content (AvgIpc) is 2.31. The summed E-state index contributed by atoms with van der Waals surface area (Å²) in [6.07, 6.45) is 0.650. The lowest BCUT2D eigenvalue weighted by atomic mass is 9.94. The van der Waals surface area contributed by atoms with Gasteiger partial charge in [0, 0.05) is 0 Å². The van der Waals surface area contributed by atoms with E-state index in [0.29, 0.717) is 12.8 Å². The molecule has 0 aromatic carbocycles. The molecule has 0 aliphatic heterocycles. The highest BCUT2D eigenvalue weighted by Gasteiger charge is 2.31. The molecule has 2 atom stereocenters. The number of ether oxygens (including phenoxy) is 2. The fourth-order valence-electron chi connectivity index (χ4n) is 1.68. The van der Waals surface area contributed by atoms with Crippen molar-refractivity contribution in [2.75, 3.05) is 0 Å². The number of carbonyl (C=O) groups excluding carboxylic acids is 2. The van der Waals surface area contributed by atoms with E-state index in [0.717, 1.165) is 12.8 Å². The summed E-state index contributed by atoms with van der Waals surface area (Å²) in [5.41, 5.74) is 3.72. The Morgan fingerprint density at radius 1 is 0.938 bits per heavy atom. The normalized spacial score (nSPS) is 24.4. The van der Waals surface area contributed by atoms with E-state index in [1.807, 2.05) is 10.9 Å². The highest BCUT2D eigenvalue weighted by atomic mass is 16.6. The van der Waals surface area contributed by atoms with E-state index in [2.05, 4.69) is 0 Å². The van der Waals surface area contributed by atoms with Gasteiger partial charge in [-0.2, -0.15) is 0 Å². The van der Waals surface area contributed by atoms with Gasteiger partial charge >= 0.3 is 12.2 Å². The standard InChI is InChI=1S/C8H16N4O4/c9-11-7(13)15-5-3-1-2-4-6(5)16-8(14)12-10/h5-6H,1-4,9-10H2,(H,11,13)(H,12,14). The molecule has 0 saturated heterocycles. The number of hydrazine groups is 2. The van der Waals surface area contributed by atoms with E-state index in [4.69, 9.17) is 21.2 Å². The van der Waals surface area contributed by atoms with Gasteiger partial charge in [0.15, 0.2) is 0 Å². The van der Waals surface area contributed by atoms with Crippen LogP contribution in [0.5, 0.6) is 0 Å². The van der Waals surface area contributed by atoms with Gasteiger partial charge in [-0.3, -0.25) is 10.9 Å². The summed E-state index contributed by atoms with van der Waals surface area (Å²) in [6.45, 7) is 0. The van der Waals surface area contributed by atoms with Crippen molar-refractivity contribution in [2.24, 2.45) is 11.7 Å². The first-order valence-corrected chi connectivity index (χ1v) is 5.02. The number of hydrogen-bond acceptors (Lipinski definition) is 6. The summed E-state index contributed by atoms with van der Waals surface area (Å²) in [4.78, 5) is 21.9. The van der Waals surface area contributed by atoms with E-state index >= 15 is 0 Å². The van der Waals surface area contributed by atoms with E-state index in [1.54, 1.807) is 0 Å². The van der Waals surface area contributed by atoms with Gasteiger partial charge in [-0.05, 0) is 25.7 Å². The molecule has 0 bridgehead atoms. The molecule has 2 amide bonds. The van der Waals surface area contributed by atoms with Crippen molar-refractivity contribution < 1.29 is 19.1 Å². The van der Waals surface area contributed by atoms with Crippen LogP contribution in [0.4, 0.5) is 9.59 Å². The summed E-state index contributed by atoms with van der Waals surface area (Å²) in [7, 11) is 0. The lowest BCUT2D eigenvalue weighted by molar-refractivity contribution is -0.0307. The number of hydrogen-bond donors (Lipinski definition) is 4. The quantitative estimate of drug-likeness (QED) is 0.288. The maximum absolute atomic E-state index is 10.9. The molecular formula is C8H16N4O4. The summed E-state index contributed by atoms with van der Waals surface area (Å²) in [5.74, 6) is 9.79. The van der Waals surface area contributed by atoms with Crippen LogP contribution in [0.1, 0.15) is 25.7 Å². The van der Waals surface area contributed by atoms with Crippen LogP contribution in [-0.4, -0.2) is 24.4 Å². The molecule has 8 nitrogen and oxygen atoms in total. The zero-order valence-corrected chi connectivity index (χ0v) is 8.77. The zero-order chi connectivity index (χ0) is 12.0. The highest BCUT2D eigenvalue weighted by molar-refractivity contribution is 5.67. The summed E-state index contributed by atoms with van der Waals surface area (Å²) in [5, 5.41) is 0.